The van der Waals surface area contributed by atoms with Crippen LogP contribution in [-0.4, -0.2) is 12.1 Å². The smallest absolute Gasteiger partial charge is 0.123 e. The Bertz CT molecular complexity index is 604. The first-order valence-electron chi connectivity index (χ1n) is 7.17. The Hall–Kier alpha value is -1.80. The zero-order chi connectivity index (χ0) is 14.2. The Morgan fingerprint density at radius 1 is 1.10 bits per heavy atom. The number of hydrogen-bond acceptors (Lipinski definition) is 2. The fraction of sp³-hybridized carbons (Fsp3) is 0.333. The van der Waals surface area contributed by atoms with E-state index >= 15 is 0 Å². The van der Waals surface area contributed by atoms with E-state index in [-0.39, 0.29) is 5.60 Å². The van der Waals surface area contributed by atoms with Crippen molar-refractivity contribution in [2.75, 3.05) is 6.54 Å². The average Bonchev–Trinajstić information content (AvgIpc) is 2.46. The zero-order valence-corrected chi connectivity index (χ0v) is 12.1. The summed E-state index contributed by atoms with van der Waals surface area (Å²) < 4.78 is 6.09. The Morgan fingerprint density at radius 2 is 1.85 bits per heavy atom. The van der Waals surface area contributed by atoms with E-state index in [1.165, 1.54) is 16.7 Å². The van der Waals surface area contributed by atoms with Crippen LogP contribution in [0.25, 0.3) is 11.1 Å². The maximum absolute atomic E-state index is 6.09. The first kappa shape index (κ1) is 13.2. The van der Waals surface area contributed by atoms with Gasteiger partial charge in [0.1, 0.15) is 11.4 Å². The maximum atomic E-state index is 6.09. The van der Waals surface area contributed by atoms with Gasteiger partial charge in [-0.1, -0.05) is 36.4 Å². The van der Waals surface area contributed by atoms with Crippen molar-refractivity contribution < 1.29 is 4.74 Å². The van der Waals surface area contributed by atoms with Gasteiger partial charge >= 0.3 is 0 Å². The molecule has 0 saturated heterocycles. The molecule has 0 amide bonds. The molecule has 2 heteroatoms. The van der Waals surface area contributed by atoms with Crippen LogP contribution in [0, 0.1) is 0 Å². The van der Waals surface area contributed by atoms with Crippen LogP contribution in [0.4, 0.5) is 0 Å². The zero-order valence-electron chi connectivity index (χ0n) is 12.1. The van der Waals surface area contributed by atoms with Crippen LogP contribution in [0.2, 0.25) is 0 Å². The summed E-state index contributed by atoms with van der Waals surface area (Å²) in [6.07, 6.45) is 0.967. The summed E-state index contributed by atoms with van der Waals surface area (Å²) in [5, 5.41) is 0. The first-order valence-corrected chi connectivity index (χ1v) is 7.17. The monoisotopic (exact) mass is 267 g/mol. The second-order valence-corrected chi connectivity index (χ2v) is 6.12. The third-order valence-corrected chi connectivity index (χ3v) is 3.97. The van der Waals surface area contributed by atoms with Crippen molar-refractivity contribution in [1.82, 2.24) is 0 Å². The standard InChI is InChI=1S/C18H21NO/c1-18(2)11-15(12-19)16-10-14(8-9-17(16)20-18)13-6-4-3-5-7-13/h3-10,15H,11-12,19H2,1-2H3. The Kier molecular flexibility index (Phi) is 3.27. The fourth-order valence-electron chi connectivity index (χ4n) is 3.02. The molecule has 0 radical (unpaired) electrons. The van der Waals surface area contributed by atoms with Gasteiger partial charge in [0.15, 0.2) is 0 Å². The lowest BCUT2D eigenvalue weighted by molar-refractivity contribution is 0.0731. The van der Waals surface area contributed by atoms with E-state index in [2.05, 4.69) is 56.3 Å². The molecule has 2 nitrogen and oxygen atoms in total. The number of benzene rings is 2. The van der Waals surface area contributed by atoms with Gasteiger partial charge < -0.3 is 10.5 Å². The first-order chi connectivity index (χ1) is 9.59. The number of hydrogen-bond donors (Lipinski definition) is 1. The van der Waals surface area contributed by atoms with Crippen LogP contribution in [-0.2, 0) is 0 Å². The summed E-state index contributed by atoms with van der Waals surface area (Å²) in [5.74, 6) is 1.36. The molecule has 2 aromatic carbocycles. The van der Waals surface area contributed by atoms with Crippen molar-refractivity contribution in [1.29, 1.82) is 0 Å². The van der Waals surface area contributed by atoms with Gasteiger partial charge in [0.2, 0.25) is 0 Å². The van der Waals surface area contributed by atoms with E-state index in [1.54, 1.807) is 0 Å². The predicted octanol–water partition coefficient (Wildman–Crippen LogP) is 3.96. The number of ether oxygens (including phenoxy) is 1. The van der Waals surface area contributed by atoms with E-state index < -0.39 is 0 Å². The van der Waals surface area contributed by atoms with E-state index in [4.69, 9.17) is 10.5 Å². The lowest BCUT2D eigenvalue weighted by atomic mass is 9.83. The van der Waals surface area contributed by atoms with Gasteiger partial charge in [-0.3, -0.25) is 0 Å². The molecule has 3 rings (SSSR count). The van der Waals surface area contributed by atoms with Gasteiger partial charge in [-0.05, 0) is 55.6 Å². The second kappa shape index (κ2) is 4.95. The maximum Gasteiger partial charge on any atom is 0.123 e. The van der Waals surface area contributed by atoms with Gasteiger partial charge in [-0.25, -0.2) is 0 Å². The van der Waals surface area contributed by atoms with Crippen LogP contribution in [0.15, 0.2) is 48.5 Å². The molecule has 20 heavy (non-hydrogen) atoms. The molecule has 0 aromatic heterocycles. The minimum absolute atomic E-state index is 0.134. The molecule has 0 fully saturated rings. The summed E-state index contributed by atoms with van der Waals surface area (Å²) >= 11 is 0. The van der Waals surface area contributed by atoms with Crippen molar-refractivity contribution in [3.05, 3.63) is 54.1 Å². The highest BCUT2D eigenvalue weighted by molar-refractivity contribution is 5.66. The fourth-order valence-corrected chi connectivity index (χ4v) is 3.02. The van der Waals surface area contributed by atoms with E-state index in [0.29, 0.717) is 12.5 Å². The highest BCUT2D eigenvalue weighted by Gasteiger charge is 2.33. The molecular formula is C18H21NO. The minimum Gasteiger partial charge on any atom is -0.488 e. The molecule has 0 aliphatic carbocycles. The van der Waals surface area contributed by atoms with Crippen LogP contribution in [0.3, 0.4) is 0 Å². The van der Waals surface area contributed by atoms with Gasteiger partial charge in [0.05, 0.1) is 0 Å². The van der Waals surface area contributed by atoms with Crippen molar-refractivity contribution in [2.45, 2.75) is 31.8 Å². The highest BCUT2D eigenvalue weighted by atomic mass is 16.5. The van der Waals surface area contributed by atoms with E-state index in [9.17, 15) is 0 Å². The number of fused-ring (bicyclic) bond motifs is 1. The minimum atomic E-state index is -0.134. The largest absolute Gasteiger partial charge is 0.488 e. The summed E-state index contributed by atoms with van der Waals surface area (Å²) in [6.45, 7) is 4.92. The van der Waals surface area contributed by atoms with Gasteiger partial charge in [0.25, 0.3) is 0 Å². The molecule has 104 valence electrons. The summed E-state index contributed by atoms with van der Waals surface area (Å²) in [6, 6.07) is 16.9. The number of rotatable bonds is 2. The van der Waals surface area contributed by atoms with Gasteiger partial charge in [-0.2, -0.15) is 0 Å². The molecule has 0 saturated carbocycles. The quantitative estimate of drug-likeness (QED) is 0.894. The summed E-state index contributed by atoms with van der Waals surface area (Å²) in [5.41, 5.74) is 9.54. The van der Waals surface area contributed by atoms with Gasteiger partial charge in [0, 0.05) is 5.92 Å². The molecule has 1 aliphatic heterocycles. The van der Waals surface area contributed by atoms with E-state index in [1.807, 2.05) is 6.07 Å². The molecule has 1 heterocycles. The van der Waals surface area contributed by atoms with Crippen LogP contribution in [0.5, 0.6) is 5.75 Å². The Balaban J connectivity index is 2.04. The van der Waals surface area contributed by atoms with Crippen molar-refractivity contribution >= 4 is 0 Å². The molecule has 1 atom stereocenters. The normalized spacial score (nSPS) is 20.1. The second-order valence-electron chi connectivity index (χ2n) is 6.12. The molecular weight excluding hydrogens is 246 g/mol. The summed E-state index contributed by atoms with van der Waals surface area (Å²) in [4.78, 5) is 0. The highest BCUT2D eigenvalue weighted by Crippen LogP contribution is 2.41. The lowest BCUT2D eigenvalue weighted by Gasteiger charge is -2.37. The van der Waals surface area contributed by atoms with Crippen LogP contribution < -0.4 is 10.5 Å². The van der Waals surface area contributed by atoms with Crippen molar-refractivity contribution in [3.8, 4) is 16.9 Å². The Labute approximate surface area is 120 Å². The topological polar surface area (TPSA) is 35.2 Å². The summed E-state index contributed by atoms with van der Waals surface area (Å²) in [7, 11) is 0. The third kappa shape index (κ3) is 2.44. The Morgan fingerprint density at radius 3 is 2.55 bits per heavy atom. The molecule has 1 aliphatic rings. The molecule has 0 spiro atoms. The molecule has 0 bridgehead atoms. The lowest BCUT2D eigenvalue weighted by Crippen LogP contribution is -2.36. The third-order valence-electron chi connectivity index (χ3n) is 3.97. The number of nitrogens with two attached hydrogens (primary N) is 1. The van der Waals surface area contributed by atoms with Gasteiger partial charge in [-0.15, -0.1) is 0 Å². The molecule has 2 aromatic rings. The van der Waals surface area contributed by atoms with E-state index in [0.717, 1.165) is 12.2 Å². The van der Waals surface area contributed by atoms with Crippen LogP contribution >= 0.6 is 0 Å². The average molecular weight is 267 g/mol. The SMILES string of the molecule is CC1(C)CC(CN)c2cc(-c3ccccc3)ccc2O1. The molecule has 1 unspecified atom stereocenters. The predicted molar refractivity (Wildman–Crippen MR) is 83.0 cm³/mol. The van der Waals surface area contributed by atoms with Crippen molar-refractivity contribution in [2.24, 2.45) is 5.73 Å². The van der Waals surface area contributed by atoms with Crippen molar-refractivity contribution in [3.63, 3.8) is 0 Å². The van der Waals surface area contributed by atoms with Crippen LogP contribution in [0.1, 0.15) is 31.7 Å². The molecule has 2 N–H and O–H groups in total.